The fourth-order valence-corrected chi connectivity index (χ4v) is 2.00. The van der Waals surface area contributed by atoms with Crippen LogP contribution >= 0.6 is 23.2 Å². The molecule has 0 amide bonds. The van der Waals surface area contributed by atoms with Gasteiger partial charge in [0.2, 0.25) is 0 Å². The molecule has 0 fully saturated rings. The van der Waals surface area contributed by atoms with Crippen LogP contribution in [0.4, 0.5) is 5.69 Å². The Morgan fingerprint density at radius 2 is 1.40 bits per heavy atom. The second-order valence-electron chi connectivity index (χ2n) is 3.88. The number of anilines is 1. The van der Waals surface area contributed by atoms with E-state index in [1.165, 1.54) is 0 Å². The van der Waals surface area contributed by atoms with Crippen molar-refractivity contribution < 1.29 is 18.9 Å². The molecule has 0 spiro atoms. The molecular weight excluding hydrogens is 305 g/mol. The third-order valence-electron chi connectivity index (χ3n) is 2.30. The van der Waals surface area contributed by atoms with E-state index < -0.39 is 0 Å². The molecule has 0 saturated carbocycles. The van der Waals surface area contributed by atoms with Crippen molar-refractivity contribution in [2.45, 2.75) is 0 Å². The van der Waals surface area contributed by atoms with E-state index >= 15 is 0 Å². The summed E-state index contributed by atoms with van der Waals surface area (Å²) in [6.45, 7) is 2.93. The standard InChI is InChI=1S/C13H19Cl2NO4/c1-17-2-3-18-4-5-19-6-7-20-13-11(14)8-10(16)9-12(13)15/h8-9H,2-7,16H2,1H3. The summed E-state index contributed by atoms with van der Waals surface area (Å²) in [5, 5.41) is 0.774. The Kier molecular flexibility index (Phi) is 8.73. The fraction of sp³-hybridized carbons (Fsp3) is 0.538. The van der Waals surface area contributed by atoms with E-state index in [9.17, 15) is 0 Å². The van der Waals surface area contributed by atoms with Crippen LogP contribution in [-0.2, 0) is 14.2 Å². The molecular formula is C13H19Cl2NO4. The Hall–Kier alpha value is -0.720. The number of ether oxygens (including phenoxy) is 4. The third kappa shape index (κ3) is 6.63. The lowest BCUT2D eigenvalue weighted by Crippen LogP contribution is -2.12. The minimum absolute atomic E-state index is 0.349. The van der Waals surface area contributed by atoms with Gasteiger partial charge in [0.15, 0.2) is 5.75 Å². The second-order valence-corrected chi connectivity index (χ2v) is 4.69. The molecule has 1 aromatic rings. The van der Waals surface area contributed by atoms with Gasteiger partial charge in [-0.25, -0.2) is 0 Å². The van der Waals surface area contributed by atoms with Crippen LogP contribution in [0.15, 0.2) is 12.1 Å². The molecule has 0 heterocycles. The lowest BCUT2D eigenvalue weighted by molar-refractivity contribution is 0.0180. The summed E-state index contributed by atoms with van der Waals surface area (Å²) in [6, 6.07) is 3.18. The number of nitrogens with two attached hydrogens (primary N) is 1. The number of hydrogen-bond donors (Lipinski definition) is 1. The van der Waals surface area contributed by atoms with E-state index in [4.69, 9.17) is 47.9 Å². The predicted octanol–water partition coefficient (Wildman–Crippen LogP) is 2.63. The monoisotopic (exact) mass is 323 g/mol. The molecule has 7 heteroatoms. The zero-order chi connectivity index (χ0) is 14.8. The van der Waals surface area contributed by atoms with Gasteiger partial charge in [0.25, 0.3) is 0 Å². The van der Waals surface area contributed by atoms with E-state index in [0.29, 0.717) is 61.1 Å². The lowest BCUT2D eigenvalue weighted by Gasteiger charge is -2.11. The van der Waals surface area contributed by atoms with Gasteiger partial charge >= 0.3 is 0 Å². The maximum absolute atomic E-state index is 5.98. The van der Waals surface area contributed by atoms with Gasteiger partial charge in [0, 0.05) is 12.8 Å². The highest BCUT2D eigenvalue weighted by Gasteiger charge is 2.08. The topological polar surface area (TPSA) is 62.9 Å². The molecule has 1 rings (SSSR count). The molecule has 2 N–H and O–H groups in total. The second kappa shape index (κ2) is 10.1. The summed E-state index contributed by atoms with van der Waals surface area (Å²) in [5.74, 6) is 0.419. The van der Waals surface area contributed by atoms with E-state index in [-0.39, 0.29) is 0 Å². The number of nitrogen functional groups attached to an aromatic ring is 1. The van der Waals surface area contributed by atoms with Crippen LogP contribution in [0, 0.1) is 0 Å². The Balaban J connectivity index is 2.13. The van der Waals surface area contributed by atoms with Crippen LogP contribution < -0.4 is 10.5 Å². The van der Waals surface area contributed by atoms with Gasteiger partial charge in [0.1, 0.15) is 6.61 Å². The van der Waals surface area contributed by atoms with Gasteiger partial charge in [-0.15, -0.1) is 0 Å². The van der Waals surface area contributed by atoms with E-state index in [2.05, 4.69) is 0 Å². The third-order valence-corrected chi connectivity index (χ3v) is 2.86. The molecule has 5 nitrogen and oxygen atoms in total. The van der Waals surface area contributed by atoms with Gasteiger partial charge in [-0.1, -0.05) is 23.2 Å². The van der Waals surface area contributed by atoms with Gasteiger partial charge in [-0.05, 0) is 12.1 Å². The highest BCUT2D eigenvalue weighted by Crippen LogP contribution is 2.34. The summed E-state index contributed by atoms with van der Waals surface area (Å²) in [5.41, 5.74) is 6.10. The SMILES string of the molecule is COCCOCCOCCOc1c(Cl)cc(N)cc1Cl. The summed E-state index contributed by atoms with van der Waals surface area (Å²) in [4.78, 5) is 0. The van der Waals surface area contributed by atoms with Crippen molar-refractivity contribution in [3.8, 4) is 5.75 Å². The fourth-order valence-electron chi connectivity index (χ4n) is 1.38. The molecule has 0 aliphatic rings. The Bertz CT molecular complexity index is 381. The lowest BCUT2D eigenvalue weighted by atomic mass is 10.3. The highest BCUT2D eigenvalue weighted by molar-refractivity contribution is 6.37. The van der Waals surface area contributed by atoms with Crippen molar-refractivity contribution in [1.82, 2.24) is 0 Å². The van der Waals surface area contributed by atoms with Crippen molar-refractivity contribution in [2.24, 2.45) is 0 Å². The van der Waals surface area contributed by atoms with E-state index in [0.717, 1.165) is 0 Å². The minimum atomic E-state index is 0.349. The normalized spacial score (nSPS) is 10.8. The molecule has 20 heavy (non-hydrogen) atoms. The smallest absolute Gasteiger partial charge is 0.156 e. The maximum atomic E-state index is 5.98. The molecule has 0 bridgehead atoms. The number of halogens is 2. The van der Waals surface area contributed by atoms with Crippen LogP contribution in [0.1, 0.15) is 0 Å². The van der Waals surface area contributed by atoms with Gasteiger partial charge in [-0.2, -0.15) is 0 Å². The molecule has 114 valence electrons. The summed E-state index contributed by atoms with van der Waals surface area (Å²) >= 11 is 12.0. The average molecular weight is 324 g/mol. The van der Waals surface area contributed by atoms with Crippen molar-refractivity contribution in [3.63, 3.8) is 0 Å². The van der Waals surface area contributed by atoms with Crippen LogP contribution in [0.3, 0.4) is 0 Å². The first-order valence-corrected chi connectivity index (χ1v) is 6.92. The summed E-state index contributed by atoms with van der Waals surface area (Å²) < 4.78 is 20.9. The molecule has 0 aliphatic heterocycles. The van der Waals surface area contributed by atoms with E-state index in [1.54, 1.807) is 19.2 Å². The Morgan fingerprint density at radius 3 is 1.95 bits per heavy atom. The first-order chi connectivity index (χ1) is 9.65. The summed E-state index contributed by atoms with van der Waals surface area (Å²) in [6.07, 6.45) is 0. The quantitative estimate of drug-likeness (QED) is 0.529. The molecule has 0 aliphatic carbocycles. The van der Waals surface area contributed by atoms with Crippen molar-refractivity contribution in [3.05, 3.63) is 22.2 Å². The first-order valence-electron chi connectivity index (χ1n) is 6.17. The van der Waals surface area contributed by atoms with Crippen LogP contribution in [0.2, 0.25) is 10.0 Å². The molecule has 1 aromatic carbocycles. The molecule has 0 atom stereocenters. The van der Waals surface area contributed by atoms with Crippen molar-refractivity contribution in [1.29, 1.82) is 0 Å². The first kappa shape index (κ1) is 17.3. The predicted molar refractivity (Wildman–Crippen MR) is 79.9 cm³/mol. The number of benzene rings is 1. The van der Waals surface area contributed by atoms with Crippen LogP contribution in [-0.4, -0.2) is 46.8 Å². The Morgan fingerprint density at radius 1 is 0.900 bits per heavy atom. The number of methoxy groups -OCH3 is 1. The van der Waals surface area contributed by atoms with Crippen molar-refractivity contribution in [2.75, 3.05) is 52.5 Å². The average Bonchev–Trinajstić information content (AvgIpc) is 2.39. The zero-order valence-corrected chi connectivity index (χ0v) is 12.9. The zero-order valence-electron chi connectivity index (χ0n) is 11.4. The van der Waals surface area contributed by atoms with Crippen molar-refractivity contribution >= 4 is 28.9 Å². The van der Waals surface area contributed by atoms with Gasteiger partial charge < -0.3 is 24.7 Å². The highest BCUT2D eigenvalue weighted by atomic mass is 35.5. The molecule has 0 radical (unpaired) electrons. The summed E-state index contributed by atoms with van der Waals surface area (Å²) in [7, 11) is 1.63. The Labute approximate surface area is 128 Å². The number of hydrogen-bond acceptors (Lipinski definition) is 5. The van der Waals surface area contributed by atoms with Gasteiger partial charge in [-0.3, -0.25) is 0 Å². The maximum Gasteiger partial charge on any atom is 0.156 e. The van der Waals surface area contributed by atoms with Crippen LogP contribution in [0.5, 0.6) is 5.75 Å². The largest absolute Gasteiger partial charge is 0.488 e. The minimum Gasteiger partial charge on any atom is -0.488 e. The molecule has 0 aromatic heterocycles. The van der Waals surface area contributed by atoms with E-state index in [1.807, 2.05) is 0 Å². The molecule has 0 unspecified atom stereocenters. The molecule has 0 saturated heterocycles. The van der Waals surface area contributed by atoms with Gasteiger partial charge in [0.05, 0.1) is 43.1 Å². The van der Waals surface area contributed by atoms with Crippen LogP contribution in [0.25, 0.3) is 0 Å². The number of rotatable bonds is 10.